The van der Waals surface area contributed by atoms with Gasteiger partial charge in [0.15, 0.2) is 5.78 Å². The smallest absolute Gasteiger partial charge is 0.329 e. The van der Waals surface area contributed by atoms with Gasteiger partial charge in [0.2, 0.25) is 5.16 Å². The number of aromatic nitrogens is 5. The van der Waals surface area contributed by atoms with Crippen molar-refractivity contribution in [2.24, 2.45) is 5.92 Å². The maximum Gasteiger partial charge on any atom is 0.329 e. The van der Waals surface area contributed by atoms with Gasteiger partial charge >= 0.3 is 5.69 Å². The molecule has 10 heteroatoms. The Labute approximate surface area is 182 Å². The quantitative estimate of drug-likeness (QED) is 0.406. The third kappa shape index (κ3) is 4.48. The molecule has 31 heavy (non-hydrogen) atoms. The fourth-order valence-corrected chi connectivity index (χ4v) is 4.04. The van der Waals surface area contributed by atoms with Crippen LogP contribution in [0.2, 0.25) is 0 Å². The van der Waals surface area contributed by atoms with E-state index in [0.29, 0.717) is 17.6 Å². The minimum atomic E-state index is -0.769. The highest BCUT2D eigenvalue weighted by Gasteiger charge is 2.30. The Morgan fingerprint density at radius 2 is 1.97 bits per heavy atom. The molecule has 3 aromatic rings. The topological polar surface area (TPSA) is 129 Å². The van der Waals surface area contributed by atoms with Crippen molar-refractivity contribution in [2.45, 2.75) is 44.3 Å². The van der Waals surface area contributed by atoms with Crippen molar-refractivity contribution in [2.75, 3.05) is 11.5 Å². The van der Waals surface area contributed by atoms with Crippen LogP contribution < -0.4 is 17.0 Å². The molecule has 2 aromatic heterocycles. The second kappa shape index (κ2) is 8.54. The molecule has 0 amide bonds. The van der Waals surface area contributed by atoms with Gasteiger partial charge in [-0.25, -0.2) is 14.5 Å². The van der Waals surface area contributed by atoms with Crippen LogP contribution in [0.5, 0.6) is 0 Å². The number of nitrogen functional groups attached to an aromatic ring is 1. The van der Waals surface area contributed by atoms with E-state index in [4.69, 9.17) is 5.73 Å². The fourth-order valence-electron chi connectivity index (χ4n) is 3.34. The number of benzene rings is 1. The Morgan fingerprint density at radius 3 is 2.61 bits per heavy atom. The third-order valence-electron chi connectivity index (χ3n) is 4.95. The first-order chi connectivity index (χ1) is 14.8. The van der Waals surface area contributed by atoms with Crippen LogP contribution in [-0.4, -0.2) is 35.9 Å². The van der Waals surface area contributed by atoms with Gasteiger partial charge in [0, 0.05) is 12.5 Å². The van der Waals surface area contributed by atoms with Crippen molar-refractivity contribution in [3.05, 3.63) is 62.6 Å². The van der Waals surface area contributed by atoms with E-state index in [1.807, 2.05) is 48.9 Å². The number of ketones is 1. The van der Waals surface area contributed by atoms with Crippen molar-refractivity contribution >= 4 is 23.4 Å². The number of aromatic amines is 1. The summed E-state index contributed by atoms with van der Waals surface area (Å²) in [5, 5.41) is 5.03. The van der Waals surface area contributed by atoms with Gasteiger partial charge in [0.05, 0.1) is 11.4 Å². The van der Waals surface area contributed by atoms with Gasteiger partial charge in [-0.15, -0.1) is 5.10 Å². The average Bonchev–Trinajstić information content (AvgIpc) is 3.49. The summed E-state index contributed by atoms with van der Waals surface area (Å²) >= 11 is 1.15. The van der Waals surface area contributed by atoms with E-state index >= 15 is 0 Å². The molecule has 2 heterocycles. The number of thioether (sulfide) groups is 1. The van der Waals surface area contributed by atoms with Gasteiger partial charge in [-0.2, -0.15) is 0 Å². The molecule has 162 valence electrons. The number of nitrogens with two attached hydrogens (primary N) is 1. The fraction of sp³-hybridized carbons (Fsp3) is 0.381. The van der Waals surface area contributed by atoms with Crippen LogP contribution in [-0.2, 0) is 6.54 Å². The SMILES string of the molecule is CC(C)Cn1c(N)c(C(=O)CSc2nc(C3CC3)n(-c3ccccc3)n2)c(=O)[nH]c1=O. The van der Waals surface area contributed by atoms with Crippen molar-refractivity contribution in [1.82, 2.24) is 24.3 Å². The number of carbonyl (C=O) groups excluding carboxylic acids is 1. The van der Waals surface area contributed by atoms with Crippen LogP contribution in [0, 0.1) is 5.92 Å². The van der Waals surface area contributed by atoms with Gasteiger partial charge in [-0.05, 0) is 30.9 Å². The minimum Gasteiger partial charge on any atom is -0.384 e. The van der Waals surface area contributed by atoms with Gasteiger partial charge in [-0.3, -0.25) is 19.1 Å². The van der Waals surface area contributed by atoms with Crippen LogP contribution in [0.15, 0.2) is 45.1 Å². The van der Waals surface area contributed by atoms with Gasteiger partial charge in [0.1, 0.15) is 17.2 Å². The maximum absolute atomic E-state index is 12.8. The number of hydrogen-bond donors (Lipinski definition) is 2. The molecule has 0 spiro atoms. The van der Waals surface area contributed by atoms with Crippen molar-refractivity contribution in [1.29, 1.82) is 0 Å². The second-order valence-corrected chi connectivity index (χ2v) is 8.95. The summed E-state index contributed by atoms with van der Waals surface area (Å²) < 4.78 is 3.05. The first kappa shape index (κ1) is 21.1. The Kier molecular flexibility index (Phi) is 5.81. The van der Waals surface area contributed by atoms with E-state index in [1.165, 1.54) is 4.57 Å². The standard InChI is InChI=1S/C21H24N6O3S/c1-12(2)10-26-17(22)16(19(29)24-21(26)30)15(28)11-31-20-23-18(13-8-9-13)27(25-20)14-6-4-3-5-7-14/h3-7,12-13H,8-11,22H2,1-2H3,(H,24,29,30). The van der Waals surface area contributed by atoms with Crippen LogP contribution >= 0.6 is 11.8 Å². The third-order valence-corrected chi connectivity index (χ3v) is 5.79. The first-order valence-electron chi connectivity index (χ1n) is 10.2. The van der Waals surface area contributed by atoms with Gasteiger partial charge < -0.3 is 5.73 Å². The number of nitrogens with zero attached hydrogens (tertiary/aromatic N) is 4. The van der Waals surface area contributed by atoms with E-state index < -0.39 is 17.0 Å². The molecule has 1 aliphatic rings. The lowest BCUT2D eigenvalue weighted by Crippen LogP contribution is -2.37. The minimum absolute atomic E-state index is 0.0595. The molecule has 0 radical (unpaired) electrons. The molecule has 0 aliphatic heterocycles. The molecule has 1 fully saturated rings. The Bertz CT molecular complexity index is 1220. The summed E-state index contributed by atoms with van der Waals surface area (Å²) in [5.41, 5.74) is 5.37. The largest absolute Gasteiger partial charge is 0.384 e. The molecule has 1 aromatic carbocycles. The molecular formula is C21H24N6O3S. The van der Waals surface area contributed by atoms with Crippen LogP contribution in [0.4, 0.5) is 5.82 Å². The summed E-state index contributed by atoms with van der Waals surface area (Å²) in [6, 6.07) is 9.72. The summed E-state index contributed by atoms with van der Waals surface area (Å²) in [6.07, 6.45) is 2.13. The molecule has 0 unspecified atom stereocenters. The average molecular weight is 441 g/mol. The molecule has 0 bridgehead atoms. The molecule has 9 nitrogen and oxygen atoms in total. The predicted octanol–water partition coefficient (Wildman–Crippen LogP) is 2.21. The summed E-state index contributed by atoms with van der Waals surface area (Å²) in [7, 11) is 0. The monoisotopic (exact) mass is 440 g/mol. The van der Waals surface area contributed by atoms with E-state index in [2.05, 4.69) is 15.1 Å². The molecular weight excluding hydrogens is 416 g/mol. The molecule has 0 saturated heterocycles. The number of hydrogen-bond acceptors (Lipinski definition) is 7. The van der Waals surface area contributed by atoms with Gasteiger partial charge in [-0.1, -0.05) is 43.8 Å². The Balaban J connectivity index is 1.57. The lowest BCUT2D eigenvalue weighted by molar-refractivity contribution is 0.102. The van der Waals surface area contributed by atoms with E-state index in [-0.39, 0.29) is 23.1 Å². The molecule has 1 saturated carbocycles. The Hall–Kier alpha value is -3.14. The molecule has 4 rings (SSSR count). The highest BCUT2D eigenvalue weighted by molar-refractivity contribution is 7.99. The summed E-state index contributed by atoms with van der Waals surface area (Å²) in [5.74, 6) is 0.741. The second-order valence-electron chi connectivity index (χ2n) is 8.01. The molecule has 3 N–H and O–H groups in total. The zero-order chi connectivity index (χ0) is 22.1. The highest BCUT2D eigenvalue weighted by Crippen LogP contribution is 2.40. The van der Waals surface area contributed by atoms with Crippen LogP contribution in [0.1, 0.15) is 48.8 Å². The van der Waals surface area contributed by atoms with Crippen LogP contribution in [0.3, 0.4) is 0 Å². The number of Topliss-reactive ketones (excluding diaryl/α,β-unsaturated/α-hetero) is 1. The lowest BCUT2D eigenvalue weighted by Gasteiger charge is -2.13. The normalized spacial score (nSPS) is 13.6. The summed E-state index contributed by atoms with van der Waals surface area (Å²) in [4.78, 5) is 44.0. The number of nitrogens with one attached hydrogen (secondary N) is 1. The van der Waals surface area contributed by atoms with Crippen molar-refractivity contribution in [3.63, 3.8) is 0 Å². The van der Waals surface area contributed by atoms with Gasteiger partial charge in [0.25, 0.3) is 5.56 Å². The zero-order valence-corrected chi connectivity index (χ0v) is 18.2. The maximum atomic E-state index is 12.8. The van der Waals surface area contributed by atoms with Crippen molar-refractivity contribution < 1.29 is 4.79 Å². The molecule has 0 atom stereocenters. The highest BCUT2D eigenvalue weighted by atomic mass is 32.2. The first-order valence-corrected chi connectivity index (χ1v) is 11.1. The summed E-state index contributed by atoms with van der Waals surface area (Å²) in [6.45, 7) is 4.14. The predicted molar refractivity (Wildman–Crippen MR) is 119 cm³/mol. The van der Waals surface area contributed by atoms with Crippen molar-refractivity contribution in [3.8, 4) is 5.69 Å². The van der Waals surface area contributed by atoms with E-state index in [9.17, 15) is 14.4 Å². The van der Waals surface area contributed by atoms with E-state index in [1.54, 1.807) is 0 Å². The number of rotatable bonds is 8. The Morgan fingerprint density at radius 1 is 1.26 bits per heavy atom. The molecule has 1 aliphatic carbocycles. The lowest BCUT2D eigenvalue weighted by atomic mass is 10.2. The number of anilines is 1. The number of H-pyrrole nitrogens is 1. The van der Waals surface area contributed by atoms with E-state index in [0.717, 1.165) is 36.1 Å². The number of para-hydroxylation sites is 1. The number of carbonyl (C=O) groups is 1. The zero-order valence-electron chi connectivity index (χ0n) is 17.4. The van der Waals surface area contributed by atoms with Crippen LogP contribution in [0.25, 0.3) is 5.69 Å².